The van der Waals surface area contributed by atoms with Crippen LogP contribution >= 0.6 is 39.1 Å². The van der Waals surface area contributed by atoms with Crippen molar-refractivity contribution in [2.75, 3.05) is 5.33 Å². The molecular weight excluding hydrogens is 319 g/mol. The Labute approximate surface area is 122 Å². The molecule has 3 heteroatoms. The summed E-state index contributed by atoms with van der Waals surface area (Å²) in [5.41, 5.74) is 1.58. The molecule has 2 rings (SSSR count). The molecule has 1 aliphatic rings. The van der Waals surface area contributed by atoms with E-state index in [1.54, 1.807) is 0 Å². The van der Waals surface area contributed by atoms with Crippen molar-refractivity contribution >= 4 is 39.1 Å². The first-order valence-electron chi connectivity index (χ1n) is 6.15. The topological polar surface area (TPSA) is 0 Å². The van der Waals surface area contributed by atoms with Crippen molar-refractivity contribution in [2.24, 2.45) is 5.41 Å². The molecule has 0 aliphatic heterocycles. The van der Waals surface area contributed by atoms with Crippen molar-refractivity contribution < 1.29 is 0 Å². The van der Waals surface area contributed by atoms with Crippen LogP contribution in [0.15, 0.2) is 18.2 Å². The van der Waals surface area contributed by atoms with Crippen LogP contribution in [-0.4, -0.2) is 5.33 Å². The van der Waals surface area contributed by atoms with Crippen LogP contribution in [0.25, 0.3) is 0 Å². The minimum atomic E-state index is 0.382. The van der Waals surface area contributed by atoms with Gasteiger partial charge in [-0.15, -0.1) is 0 Å². The second kappa shape index (κ2) is 5.95. The third-order valence-electron chi connectivity index (χ3n) is 3.77. The summed E-state index contributed by atoms with van der Waals surface area (Å²) in [7, 11) is 0. The molecule has 0 unspecified atom stereocenters. The van der Waals surface area contributed by atoms with Crippen LogP contribution in [-0.2, 0) is 6.42 Å². The van der Waals surface area contributed by atoms with Crippen LogP contribution in [0.5, 0.6) is 0 Å². The normalized spacial score (nSPS) is 19.2. The molecule has 0 nitrogen and oxygen atoms in total. The van der Waals surface area contributed by atoms with E-state index in [0.29, 0.717) is 5.41 Å². The van der Waals surface area contributed by atoms with E-state index in [4.69, 9.17) is 23.2 Å². The van der Waals surface area contributed by atoms with Gasteiger partial charge in [-0.1, -0.05) is 58.4 Å². The van der Waals surface area contributed by atoms with Gasteiger partial charge in [-0.25, -0.2) is 0 Å². The second-order valence-corrected chi connectivity index (χ2v) is 6.51. The van der Waals surface area contributed by atoms with Crippen molar-refractivity contribution in [1.29, 1.82) is 0 Å². The van der Waals surface area contributed by atoms with Crippen LogP contribution in [0, 0.1) is 5.41 Å². The van der Waals surface area contributed by atoms with Crippen LogP contribution in [0.3, 0.4) is 0 Å². The van der Waals surface area contributed by atoms with Gasteiger partial charge in [0.05, 0.1) is 0 Å². The zero-order valence-electron chi connectivity index (χ0n) is 9.82. The third kappa shape index (κ3) is 3.39. The van der Waals surface area contributed by atoms with Crippen molar-refractivity contribution in [1.82, 2.24) is 0 Å². The maximum Gasteiger partial charge on any atom is 0.0439 e. The van der Waals surface area contributed by atoms with Crippen LogP contribution in [0.1, 0.15) is 37.7 Å². The highest BCUT2D eigenvalue weighted by molar-refractivity contribution is 9.09. The fourth-order valence-corrected chi connectivity index (χ4v) is 3.88. The van der Waals surface area contributed by atoms with Crippen molar-refractivity contribution in [3.8, 4) is 0 Å². The van der Waals surface area contributed by atoms with Gasteiger partial charge >= 0.3 is 0 Å². The molecule has 0 aromatic heterocycles. The van der Waals surface area contributed by atoms with Gasteiger partial charge in [0.1, 0.15) is 0 Å². The zero-order valence-corrected chi connectivity index (χ0v) is 12.9. The highest BCUT2D eigenvalue weighted by Crippen LogP contribution is 2.42. The first kappa shape index (κ1) is 13.7. The lowest BCUT2D eigenvalue weighted by Crippen LogP contribution is -2.28. The Balaban J connectivity index is 2.20. The smallest absolute Gasteiger partial charge is 0.0439 e. The summed E-state index contributed by atoms with van der Waals surface area (Å²) in [5.74, 6) is 0. The highest BCUT2D eigenvalue weighted by Gasteiger charge is 2.31. The first-order chi connectivity index (χ1) is 8.15. The minimum absolute atomic E-state index is 0.382. The monoisotopic (exact) mass is 334 g/mol. The lowest BCUT2D eigenvalue weighted by Gasteiger charge is -2.36. The standard InChI is InChI=1S/C14H17BrCl2/c15-10-14(6-2-1-3-7-14)9-11-8-12(16)4-5-13(11)17/h4-5,8H,1-3,6-7,9-10H2. The number of hydrogen-bond donors (Lipinski definition) is 0. The lowest BCUT2D eigenvalue weighted by atomic mass is 9.72. The number of alkyl halides is 1. The molecule has 0 N–H and O–H groups in total. The summed E-state index contributed by atoms with van der Waals surface area (Å²) in [6.45, 7) is 0. The molecule has 0 spiro atoms. The van der Waals surface area contributed by atoms with E-state index in [9.17, 15) is 0 Å². The van der Waals surface area contributed by atoms with Gasteiger partial charge < -0.3 is 0 Å². The summed E-state index contributed by atoms with van der Waals surface area (Å²) in [6.07, 6.45) is 7.67. The molecular formula is C14H17BrCl2. The van der Waals surface area contributed by atoms with Crippen molar-refractivity contribution in [3.05, 3.63) is 33.8 Å². The third-order valence-corrected chi connectivity index (χ3v) is 5.56. The van der Waals surface area contributed by atoms with Crippen molar-refractivity contribution in [3.63, 3.8) is 0 Å². The van der Waals surface area contributed by atoms with Gasteiger partial charge in [0.25, 0.3) is 0 Å². The van der Waals surface area contributed by atoms with Gasteiger partial charge in [-0.05, 0) is 48.4 Å². The highest BCUT2D eigenvalue weighted by atomic mass is 79.9. The molecule has 0 bridgehead atoms. The fourth-order valence-electron chi connectivity index (χ4n) is 2.74. The molecule has 0 radical (unpaired) electrons. The van der Waals surface area contributed by atoms with Crippen molar-refractivity contribution in [2.45, 2.75) is 38.5 Å². The SMILES string of the molecule is Clc1ccc(Cl)c(CC2(CBr)CCCCC2)c1. The molecule has 94 valence electrons. The maximum atomic E-state index is 6.26. The zero-order chi connectivity index (χ0) is 12.3. The van der Waals surface area contributed by atoms with Gasteiger partial charge in [0, 0.05) is 15.4 Å². The average molecular weight is 336 g/mol. The van der Waals surface area contributed by atoms with Gasteiger partial charge in [-0.2, -0.15) is 0 Å². The van der Waals surface area contributed by atoms with Gasteiger partial charge in [0.15, 0.2) is 0 Å². The quantitative estimate of drug-likeness (QED) is 0.605. The minimum Gasteiger partial charge on any atom is -0.0922 e. The lowest BCUT2D eigenvalue weighted by molar-refractivity contribution is 0.223. The van der Waals surface area contributed by atoms with Crippen LogP contribution < -0.4 is 0 Å². The van der Waals surface area contributed by atoms with Crippen LogP contribution in [0.2, 0.25) is 10.0 Å². The van der Waals surface area contributed by atoms with E-state index in [0.717, 1.165) is 21.8 Å². The molecule has 1 aromatic carbocycles. The first-order valence-corrected chi connectivity index (χ1v) is 8.03. The Hall–Kier alpha value is 0.280. The summed E-state index contributed by atoms with van der Waals surface area (Å²) in [6, 6.07) is 5.78. The maximum absolute atomic E-state index is 6.26. The Bertz CT molecular complexity index is 384. The number of benzene rings is 1. The average Bonchev–Trinajstić information content (AvgIpc) is 2.35. The summed E-state index contributed by atoms with van der Waals surface area (Å²) in [4.78, 5) is 0. The molecule has 1 aliphatic carbocycles. The summed E-state index contributed by atoms with van der Waals surface area (Å²) in [5, 5.41) is 2.69. The van der Waals surface area contributed by atoms with E-state index in [1.165, 1.54) is 37.7 Å². The van der Waals surface area contributed by atoms with Gasteiger partial charge in [-0.3, -0.25) is 0 Å². The number of halogens is 3. The predicted octanol–water partition coefficient (Wildman–Crippen LogP) is 5.88. The molecule has 1 fully saturated rings. The molecule has 1 saturated carbocycles. The Kier molecular flexibility index (Phi) is 4.80. The second-order valence-electron chi connectivity index (χ2n) is 5.11. The van der Waals surface area contributed by atoms with E-state index >= 15 is 0 Å². The molecule has 0 amide bonds. The van der Waals surface area contributed by atoms with E-state index in [2.05, 4.69) is 15.9 Å². The molecule has 17 heavy (non-hydrogen) atoms. The number of rotatable bonds is 3. The molecule has 0 heterocycles. The van der Waals surface area contributed by atoms with E-state index < -0.39 is 0 Å². The van der Waals surface area contributed by atoms with Gasteiger partial charge in [0.2, 0.25) is 0 Å². The Morgan fingerprint density at radius 2 is 1.82 bits per heavy atom. The molecule has 1 aromatic rings. The molecule has 0 saturated heterocycles. The fraction of sp³-hybridized carbons (Fsp3) is 0.571. The largest absolute Gasteiger partial charge is 0.0922 e. The Morgan fingerprint density at radius 3 is 2.47 bits per heavy atom. The van der Waals surface area contributed by atoms with E-state index in [-0.39, 0.29) is 0 Å². The number of hydrogen-bond acceptors (Lipinski definition) is 0. The summed E-state index contributed by atoms with van der Waals surface area (Å²) >= 11 is 16.0. The summed E-state index contributed by atoms with van der Waals surface area (Å²) < 4.78 is 0. The molecule has 0 atom stereocenters. The predicted molar refractivity (Wildman–Crippen MR) is 79.5 cm³/mol. The van der Waals surface area contributed by atoms with Crippen LogP contribution in [0.4, 0.5) is 0 Å². The van der Waals surface area contributed by atoms with E-state index in [1.807, 2.05) is 18.2 Å². The Morgan fingerprint density at radius 1 is 1.12 bits per heavy atom.